The summed E-state index contributed by atoms with van der Waals surface area (Å²) in [5.41, 5.74) is 0. The van der Waals surface area contributed by atoms with Gasteiger partial charge in [-0.15, -0.1) is 0 Å². The largest absolute Gasteiger partial charge is 0.190 e. The normalized spacial score (nSPS) is 12.0. The average molecular weight is 254 g/mol. The van der Waals surface area contributed by atoms with Gasteiger partial charge in [-0.2, -0.15) is 0 Å². The van der Waals surface area contributed by atoms with Crippen LogP contribution in [0.2, 0.25) is 0 Å². The van der Waals surface area contributed by atoms with E-state index in [4.69, 9.17) is 34.8 Å². The Kier molecular flexibility index (Phi) is 5.82. The summed E-state index contributed by atoms with van der Waals surface area (Å²) in [7, 11) is 0. The van der Waals surface area contributed by atoms with Crippen LogP contribution in [0.25, 0.3) is 0 Å². The van der Waals surface area contributed by atoms with Crippen molar-refractivity contribution in [2.75, 3.05) is 5.33 Å². The molecule has 0 aromatic heterocycles. The number of unbranched alkanes of at least 4 members (excludes halogenated alkanes) is 1. The number of hydrogen-bond acceptors (Lipinski definition) is 0. The van der Waals surface area contributed by atoms with Crippen LogP contribution >= 0.6 is 50.7 Å². The molecule has 0 unspecified atom stereocenters. The molecule has 0 heterocycles. The second-order valence-corrected chi connectivity index (χ2v) is 5.07. The molecule has 56 valence electrons. The van der Waals surface area contributed by atoms with Crippen LogP contribution in [0.1, 0.15) is 19.3 Å². The second kappa shape index (κ2) is 5.06. The lowest BCUT2D eigenvalue weighted by Gasteiger charge is -2.08. The zero-order valence-corrected chi connectivity index (χ0v) is 8.69. The topological polar surface area (TPSA) is 0 Å². The average Bonchev–Trinajstić information content (AvgIpc) is 1.63. The molecule has 0 atom stereocenters. The fourth-order valence-electron chi connectivity index (χ4n) is 0.420. The van der Waals surface area contributed by atoms with E-state index in [1.54, 1.807) is 0 Å². The Hall–Kier alpha value is 1.35. The van der Waals surface area contributed by atoms with Crippen LogP contribution in [0.5, 0.6) is 0 Å². The lowest BCUT2D eigenvalue weighted by Crippen LogP contribution is -2.00. The van der Waals surface area contributed by atoms with Gasteiger partial charge >= 0.3 is 0 Å². The van der Waals surface area contributed by atoms with Gasteiger partial charge in [-0.25, -0.2) is 0 Å². The molecule has 4 heteroatoms. The second-order valence-electron chi connectivity index (χ2n) is 1.76. The lowest BCUT2D eigenvalue weighted by molar-refractivity contribution is 0.741. The smallest absolute Gasteiger partial charge is 0.0928 e. The summed E-state index contributed by atoms with van der Waals surface area (Å²) < 4.78 is -1.05. The van der Waals surface area contributed by atoms with Crippen LogP contribution in [-0.2, 0) is 0 Å². The molecule has 9 heavy (non-hydrogen) atoms. The first-order chi connectivity index (χ1) is 4.06. The highest BCUT2D eigenvalue weighted by Gasteiger charge is 2.17. The summed E-state index contributed by atoms with van der Waals surface area (Å²) in [5.74, 6) is 0. The third kappa shape index (κ3) is 9.35. The third-order valence-corrected chi connectivity index (χ3v) is 1.97. The van der Waals surface area contributed by atoms with Gasteiger partial charge in [0.1, 0.15) is 0 Å². The maximum atomic E-state index is 5.48. The van der Waals surface area contributed by atoms with E-state index in [2.05, 4.69) is 15.9 Å². The molecule has 0 aromatic carbocycles. The Balaban J connectivity index is 3.07. The van der Waals surface area contributed by atoms with Gasteiger partial charge in [-0.05, 0) is 19.3 Å². The number of halogens is 4. The van der Waals surface area contributed by atoms with Crippen LogP contribution in [0.15, 0.2) is 0 Å². The van der Waals surface area contributed by atoms with Gasteiger partial charge < -0.3 is 0 Å². The van der Waals surface area contributed by atoms with Gasteiger partial charge in [0.15, 0.2) is 3.79 Å². The summed E-state index contributed by atoms with van der Waals surface area (Å²) in [6.07, 6.45) is 2.67. The quantitative estimate of drug-likeness (QED) is 0.529. The Morgan fingerprint density at radius 1 is 1.11 bits per heavy atom. The van der Waals surface area contributed by atoms with Crippen molar-refractivity contribution in [3.05, 3.63) is 0 Å². The highest BCUT2D eigenvalue weighted by Crippen LogP contribution is 2.31. The van der Waals surface area contributed by atoms with Gasteiger partial charge in [-0.3, -0.25) is 0 Å². The highest BCUT2D eigenvalue weighted by atomic mass is 79.9. The van der Waals surface area contributed by atoms with E-state index in [0.717, 1.165) is 18.2 Å². The van der Waals surface area contributed by atoms with Crippen LogP contribution < -0.4 is 0 Å². The van der Waals surface area contributed by atoms with E-state index in [0.29, 0.717) is 6.42 Å². The Morgan fingerprint density at radius 2 is 1.67 bits per heavy atom. The SMILES string of the molecule is ClC(Cl)(Cl)CCCCBr. The first kappa shape index (κ1) is 10.3. The van der Waals surface area contributed by atoms with Crippen molar-refractivity contribution in [3.8, 4) is 0 Å². The zero-order chi connectivity index (χ0) is 7.33. The summed E-state index contributed by atoms with van der Waals surface area (Å²) in [4.78, 5) is 0. The summed E-state index contributed by atoms with van der Waals surface area (Å²) in [6.45, 7) is 0. The molecule has 0 amide bonds. The van der Waals surface area contributed by atoms with Crippen LogP contribution in [0, 0.1) is 0 Å². The van der Waals surface area contributed by atoms with Gasteiger partial charge in [0.25, 0.3) is 0 Å². The molecular formula is C5H8BrCl3. The number of alkyl halides is 4. The molecule has 0 aliphatic rings. The van der Waals surface area contributed by atoms with Crippen LogP contribution in [0.3, 0.4) is 0 Å². The number of rotatable bonds is 3. The standard InChI is InChI=1S/C5H8BrCl3/c6-4-2-1-3-5(7,8)9/h1-4H2. The van der Waals surface area contributed by atoms with E-state index in [9.17, 15) is 0 Å². The van der Waals surface area contributed by atoms with Gasteiger partial charge in [-0.1, -0.05) is 50.7 Å². The molecule has 0 spiro atoms. The van der Waals surface area contributed by atoms with Crippen LogP contribution in [-0.4, -0.2) is 9.12 Å². The van der Waals surface area contributed by atoms with Gasteiger partial charge in [0, 0.05) is 5.33 Å². The molecule has 0 aliphatic heterocycles. The number of hydrogen-bond donors (Lipinski definition) is 0. The summed E-state index contributed by atoms with van der Waals surface area (Å²) in [5, 5.41) is 0.980. The molecule has 0 bridgehead atoms. The van der Waals surface area contributed by atoms with E-state index < -0.39 is 3.79 Å². The maximum absolute atomic E-state index is 5.48. The minimum absolute atomic E-state index is 0.642. The molecule has 0 aromatic rings. The highest BCUT2D eigenvalue weighted by molar-refractivity contribution is 9.09. The Labute approximate surface area is 79.0 Å². The molecular weight excluding hydrogens is 246 g/mol. The minimum Gasteiger partial charge on any atom is -0.0928 e. The van der Waals surface area contributed by atoms with Gasteiger partial charge in [0.2, 0.25) is 0 Å². The van der Waals surface area contributed by atoms with Crippen molar-refractivity contribution < 1.29 is 0 Å². The Morgan fingerprint density at radius 3 is 2.00 bits per heavy atom. The fourth-order valence-corrected chi connectivity index (χ4v) is 1.22. The predicted octanol–water partition coefficient (Wildman–Crippen LogP) is 3.92. The molecule has 0 aliphatic carbocycles. The van der Waals surface area contributed by atoms with Crippen molar-refractivity contribution in [2.24, 2.45) is 0 Å². The summed E-state index contributed by atoms with van der Waals surface area (Å²) >= 11 is 19.7. The van der Waals surface area contributed by atoms with Crippen molar-refractivity contribution in [3.63, 3.8) is 0 Å². The molecule has 0 N–H and O–H groups in total. The van der Waals surface area contributed by atoms with Crippen LogP contribution in [0.4, 0.5) is 0 Å². The Bertz CT molecular complexity index is 69.1. The molecule has 0 saturated carbocycles. The first-order valence-electron chi connectivity index (χ1n) is 2.69. The van der Waals surface area contributed by atoms with E-state index in [-0.39, 0.29) is 0 Å². The third-order valence-electron chi connectivity index (χ3n) is 0.844. The molecule has 0 nitrogen and oxygen atoms in total. The molecule has 0 saturated heterocycles. The molecule has 0 rings (SSSR count). The molecule has 0 radical (unpaired) electrons. The van der Waals surface area contributed by atoms with Gasteiger partial charge in [0.05, 0.1) is 0 Å². The lowest BCUT2D eigenvalue weighted by atomic mass is 10.3. The summed E-state index contributed by atoms with van der Waals surface area (Å²) in [6, 6.07) is 0. The van der Waals surface area contributed by atoms with E-state index in [1.165, 1.54) is 0 Å². The van der Waals surface area contributed by atoms with E-state index >= 15 is 0 Å². The predicted molar refractivity (Wildman–Crippen MR) is 47.9 cm³/mol. The zero-order valence-electron chi connectivity index (χ0n) is 4.84. The van der Waals surface area contributed by atoms with Crippen molar-refractivity contribution >= 4 is 50.7 Å². The van der Waals surface area contributed by atoms with Crippen molar-refractivity contribution in [1.82, 2.24) is 0 Å². The van der Waals surface area contributed by atoms with Crippen molar-refractivity contribution in [2.45, 2.75) is 23.1 Å². The first-order valence-corrected chi connectivity index (χ1v) is 4.94. The van der Waals surface area contributed by atoms with Crippen molar-refractivity contribution in [1.29, 1.82) is 0 Å². The monoisotopic (exact) mass is 252 g/mol. The van der Waals surface area contributed by atoms with E-state index in [1.807, 2.05) is 0 Å². The molecule has 0 fully saturated rings. The maximum Gasteiger partial charge on any atom is 0.190 e. The fraction of sp³-hybridized carbons (Fsp3) is 1.00. The minimum atomic E-state index is -1.05.